The van der Waals surface area contributed by atoms with E-state index < -0.39 is 0 Å². The molecule has 0 spiro atoms. The highest BCUT2D eigenvalue weighted by Gasteiger charge is 2.31. The second kappa shape index (κ2) is 1.46. The zero-order valence-electron chi connectivity index (χ0n) is 4.59. The van der Waals surface area contributed by atoms with Gasteiger partial charge >= 0.3 is 0 Å². The molecule has 4 N–H and O–H groups in total. The lowest BCUT2D eigenvalue weighted by Gasteiger charge is -2.37. The standard InChI is InChI=1S/C5H12N2/c1-3-2-4(6)5(3)7/h3-5H,2,6-7H2,1H3/t3-,4-,5+/m1/s1. The van der Waals surface area contributed by atoms with Crippen LogP contribution >= 0.6 is 0 Å². The average molecular weight is 100 g/mol. The summed E-state index contributed by atoms with van der Waals surface area (Å²) in [6.45, 7) is 2.13. The summed E-state index contributed by atoms with van der Waals surface area (Å²) in [4.78, 5) is 0. The molecule has 0 aliphatic heterocycles. The molecule has 0 aromatic rings. The molecule has 1 rings (SSSR count). The fourth-order valence-corrected chi connectivity index (χ4v) is 0.970. The fraction of sp³-hybridized carbons (Fsp3) is 1.00. The molecule has 2 nitrogen and oxygen atoms in total. The summed E-state index contributed by atoms with van der Waals surface area (Å²) in [5.41, 5.74) is 11.0. The van der Waals surface area contributed by atoms with Crippen LogP contribution in [0, 0.1) is 5.92 Å². The second-order valence-electron chi connectivity index (χ2n) is 2.45. The molecule has 0 aromatic carbocycles. The third-order valence-electron chi connectivity index (χ3n) is 1.80. The first kappa shape index (κ1) is 5.06. The lowest BCUT2D eigenvalue weighted by Crippen LogP contribution is -2.56. The first-order valence-electron chi connectivity index (χ1n) is 2.73. The van der Waals surface area contributed by atoms with E-state index in [0.29, 0.717) is 5.92 Å². The number of hydrogen-bond donors (Lipinski definition) is 2. The minimum atomic E-state index is 0.278. The van der Waals surface area contributed by atoms with Crippen molar-refractivity contribution >= 4 is 0 Å². The van der Waals surface area contributed by atoms with Crippen LogP contribution in [0.3, 0.4) is 0 Å². The topological polar surface area (TPSA) is 52.0 Å². The molecule has 7 heavy (non-hydrogen) atoms. The van der Waals surface area contributed by atoms with Gasteiger partial charge in [-0.1, -0.05) is 6.92 Å². The molecule has 0 heterocycles. The zero-order chi connectivity index (χ0) is 5.44. The maximum Gasteiger partial charge on any atom is 0.0219 e. The van der Waals surface area contributed by atoms with E-state index in [1.807, 2.05) is 0 Å². The molecule has 1 fully saturated rings. The van der Waals surface area contributed by atoms with E-state index in [9.17, 15) is 0 Å². The van der Waals surface area contributed by atoms with Crippen LogP contribution in [-0.4, -0.2) is 12.1 Å². The molecule has 2 heteroatoms. The van der Waals surface area contributed by atoms with Crippen molar-refractivity contribution in [2.45, 2.75) is 25.4 Å². The Kier molecular flexibility index (Phi) is 1.05. The van der Waals surface area contributed by atoms with E-state index in [1.54, 1.807) is 0 Å². The number of nitrogens with two attached hydrogens (primary N) is 2. The summed E-state index contributed by atoms with van der Waals surface area (Å²) >= 11 is 0. The van der Waals surface area contributed by atoms with Gasteiger partial charge in [-0.15, -0.1) is 0 Å². The molecular weight excluding hydrogens is 88.1 g/mol. The van der Waals surface area contributed by atoms with E-state index in [0.717, 1.165) is 6.42 Å². The fourth-order valence-electron chi connectivity index (χ4n) is 0.970. The Bertz CT molecular complexity index is 64.5. The van der Waals surface area contributed by atoms with Crippen LogP contribution in [-0.2, 0) is 0 Å². The highest BCUT2D eigenvalue weighted by Crippen LogP contribution is 2.22. The van der Waals surface area contributed by atoms with Gasteiger partial charge in [0.25, 0.3) is 0 Å². The van der Waals surface area contributed by atoms with Gasteiger partial charge in [0.15, 0.2) is 0 Å². The van der Waals surface area contributed by atoms with Crippen molar-refractivity contribution in [3.63, 3.8) is 0 Å². The maximum atomic E-state index is 5.54. The van der Waals surface area contributed by atoms with Crippen LogP contribution in [0.25, 0.3) is 0 Å². The van der Waals surface area contributed by atoms with E-state index in [1.165, 1.54) is 0 Å². The van der Waals surface area contributed by atoms with Crippen LogP contribution in [0.2, 0.25) is 0 Å². The van der Waals surface area contributed by atoms with Gasteiger partial charge in [-0.2, -0.15) is 0 Å². The molecule has 0 radical (unpaired) electrons. The summed E-state index contributed by atoms with van der Waals surface area (Å²) in [7, 11) is 0. The molecule has 42 valence electrons. The normalized spacial score (nSPS) is 51.0. The Morgan fingerprint density at radius 3 is 2.00 bits per heavy atom. The van der Waals surface area contributed by atoms with Crippen molar-refractivity contribution in [1.82, 2.24) is 0 Å². The van der Waals surface area contributed by atoms with Crippen LogP contribution in [0.1, 0.15) is 13.3 Å². The van der Waals surface area contributed by atoms with E-state index in [-0.39, 0.29) is 12.1 Å². The highest BCUT2D eigenvalue weighted by atomic mass is 14.8. The summed E-state index contributed by atoms with van der Waals surface area (Å²) in [5.74, 6) is 0.662. The largest absolute Gasteiger partial charge is 0.326 e. The van der Waals surface area contributed by atoms with Crippen LogP contribution in [0.15, 0.2) is 0 Å². The smallest absolute Gasteiger partial charge is 0.0219 e. The number of hydrogen-bond acceptors (Lipinski definition) is 2. The van der Waals surface area contributed by atoms with Crippen molar-refractivity contribution in [3.8, 4) is 0 Å². The first-order chi connectivity index (χ1) is 3.22. The van der Waals surface area contributed by atoms with Crippen LogP contribution < -0.4 is 11.5 Å². The van der Waals surface area contributed by atoms with Gasteiger partial charge in [0.2, 0.25) is 0 Å². The van der Waals surface area contributed by atoms with Gasteiger partial charge in [-0.25, -0.2) is 0 Å². The Morgan fingerprint density at radius 1 is 1.43 bits per heavy atom. The van der Waals surface area contributed by atoms with E-state index in [4.69, 9.17) is 11.5 Å². The molecule has 0 saturated heterocycles. The first-order valence-corrected chi connectivity index (χ1v) is 2.73. The lowest BCUT2D eigenvalue weighted by atomic mass is 9.77. The average Bonchev–Trinajstić information content (AvgIpc) is 1.68. The molecule has 0 bridgehead atoms. The summed E-state index contributed by atoms with van der Waals surface area (Å²) in [6, 6.07) is 0.565. The van der Waals surface area contributed by atoms with Gasteiger partial charge in [0, 0.05) is 12.1 Å². The molecule has 0 amide bonds. The van der Waals surface area contributed by atoms with Gasteiger partial charge in [0.05, 0.1) is 0 Å². The van der Waals surface area contributed by atoms with Crippen molar-refractivity contribution in [1.29, 1.82) is 0 Å². The SMILES string of the molecule is C[C@@H]1C[C@@H](N)[C@H]1N. The molecule has 1 aliphatic carbocycles. The quantitative estimate of drug-likeness (QED) is 0.438. The predicted molar refractivity (Wildman–Crippen MR) is 29.7 cm³/mol. The summed E-state index contributed by atoms with van der Waals surface area (Å²) < 4.78 is 0. The molecule has 0 unspecified atom stereocenters. The molecule has 1 aliphatic rings. The van der Waals surface area contributed by atoms with E-state index >= 15 is 0 Å². The van der Waals surface area contributed by atoms with Crippen LogP contribution in [0.5, 0.6) is 0 Å². The minimum absolute atomic E-state index is 0.278. The molecular formula is C5H12N2. The maximum absolute atomic E-state index is 5.54. The van der Waals surface area contributed by atoms with Gasteiger partial charge in [-0.05, 0) is 12.3 Å². The van der Waals surface area contributed by atoms with Crippen molar-refractivity contribution < 1.29 is 0 Å². The third-order valence-corrected chi connectivity index (χ3v) is 1.80. The van der Waals surface area contributed by atoms with Gasteiger partial charge in [0.1, 0.15) is 0 Å². The van der Waals surface area contributed by atoms with Gasteiger partial charge < -0.3 is 11.5 Å². The Hall–Kier alpha value is -0.0800. The van der Waals surface area contributed by atoms with Crippen LogP contribution in [0.4, 0.5) is 0 Å². The lowest BCUT2D eigenvalue weighted by molar-refractivity contribution is 0.232. The van der Waals surface area contributed by atoms with E-state index in [2.05, 4.69) is 6.92 Å². The highest BCUT2D eigenvalue weighted by molar-refractivity contribution is 4.92. The monoisotopic (exact) mass is 100 g/mol. The Balaban J connectivity index is 2.29. The Morgan fingerprint density at radius 2 is 2.00 bits per heavy atom. The van der Waals surface area contributed by atoms with Crippen molar-refractivity contribution in [3.05, 3.63) is 0 Å². The molecule has 3 atom stereocenters. The zero-order valence-corrected chi connectivity index (χ0v) is 4.59. The molecule has 0 aromatic heterocycles. The predicted octanol–water partition coefficient (Wildman–Crippen LogP) is -0.319. The molecule has 1 saturated carbocycles. The third kappa shape index (κ3) is 0.640. The summed E-state index contributed by atoms with van der Waals surface area (Å²) in [5, 5.41) is 0. The minimum Gasteiger partial charge on any atom is -0.326 e. The van der Waals surface area contributed by atoms with Crippen molar-refractivity contribution in [2.75, 3.05) is 0 Å². The summed E-state index contributed by atoms with van der Waals surface area (Å²) in [6.07, 6.45) is 1.11. The van der Waals surface area contributed by atoms with Crippen molar-refractivity contribution in [2.24, 2.45) is 17.4 Å². The Labute approximate surface area is 43.9 Å². The van der Waals surface area contributed by atoms with Gasteiger partial charge in [-0.3, -0.25) is 0 Å². The number of rotatable bonds is 0. The second-order valence-corrected chi connectivity index (χ2v) is 2.45.